The smallest absolute Gasteiger partial charge is 0.227 e. The normalized spacial score (nSPS) is 16.5. The van der Waals surface area contributed by atoms with Gasteiger partial charge in [0, 0.05) is 31.2 Å². The highest BCUT2D eigenvalue weighted by Crippen LogP contribution is 2.40. The molecule has 0 spiro atoms. The van der Waals surface area contributed by atoms with Gasteiger partial charge in [-0.25, -0.2) is 0 Å². The quantitative estimate of drug-likeness (QED) is 0.228. The zero-order chi connectivity index (χ0) is 32.4. The molecule has 6 nitrogen and oxygen atoms in total. The minimum absolute atomic E-state index is 0.00533. The molecule has 6 rings (SSSR count). The second-order valence-electron chi connectivity index (χ2n) is 11.0. The molecule has 2 aliphatic rings. The van der Waals surface area contributed by atoms with Crippen molar-refractivity contribution in [3.8, 4) is 11.5 Å². The van der Waals surface area contributed by atoms with Crippen molar-refractivity contribution in [1.82, 2.24) is 9.80 Å². The first-order chi connectivity index (χ1) is 21.5. The SMILES string of the molecule is CC1c2cccc(O)c2CN1C(=O)Cc1c(Cl)cccc1Cl.COc1cccc2c1CN(C(=O)Cc1c(Cl)cccc1Cl)C2C. The molecular formula is C35H32Cl4N2O4. The molecule has 2 heterocycles. The van der Waals surface area contributed by atoms with Crippen LogP contribution in [-0.2, 0) is 35.5 Å². The van der Waals surface area contributed by atoms with Crippen LogP contribution in [0.5, 0.6) is 11.5 Å². The van der Waals surface area contributed by atoms with E-state index in [1.165, 1.54) is 0 Å². The van der Waals surface area contributed by atoms with Gasteiger partial charge in [-0.1, -0.05) is 82.8 Å². The van der Waals surface area contributed by atoms with Crippen LogP contribution in [0.4, 0.5) is 0 Å². The monoisotopic (exact) mass is 684 g/mol. The Kier molecular flexibility index (Phi) is 10.2. The van der Waals surface area contributed by atoms with Gasteiger partial charge in [0.25, 0.3) is 0 Å². The van der Waals surface area contributed by atoms with Gasteiger partial charge in [0.15, 0.2) is 0 Å². The van der Waals surface area contributed by atoms with Crippen LogP contribution in [0.2, 0.25) is 20.1 Å². The molecule has 0 saturated carbocycles. The number of halogens is 4. The fourth-order valence-electron chi connectivity index (χ4n) is 5.96. The third-order valence-corrected chi connectivity index (χ3v) is 9.91. The van der Waals surface area contributed by atoms with Crippen molar-refractivity contribution in [1.29, 1.82) is 0 Å². The number of methoxy groups -OCH3 is 1. The number of carbonyl (C=O) groups excluding carboxylic acids is 2. The van der Waals surface area contributed by atoms with E-state index in [1.807, 2.05) is 43.0 Å². The Balaban J connectivity index is 0.000000178. The van der Waals surface area contributed by atoms with Crippen LogP contribution in [0.15, 0.2) is 72.8 Å². The number of ether oxygens (including phenoxy) is 1. The molecule has 2 amide bonds. The van der Waals surface area contributed by atoms with Gasteiger partial charge in [-0.3, -0.25) is 9.59 Å². The lowest BCUT2D eigenvalue weighted by Crippen LogP contribution is -2.29. The van der Waals surface area contributed by atoms with E-state index >= 15 is 0 Å². The first-order valence-corrected chi connectivity index (χ1v) is 15.9. The van der Waals surface area contributed by atoms with E-state index in [9.17, 15) is 14.7 Å². The summed E-state index contributed by atoms with van der Waals surface area (Å²) in [7, 11) is 1.65. The molecule has 0 saturated heterocycles. The van der Waals surface area contributed by atoms with Crippen LogP contribution in [-0.4, -0.2) is 33.8 Å². The van der Waals surface area contributed by atoms with E-state index in [0.29, 0.717) is 44.3 Å². The average molecular weight is 686 g/mol. The Hall–Kier alpha value is -3.42. The van der Waals surface area contributed by atoms with Gasteiger partial charge in [-0.05, 0) is 72.5 Å². The third kappa shape index (κ3) is 6.75. The van der Waals surface area contributed by atoms with Crippen LogP contribution in [0.25, 0.3) is 0 Å². The molecule has 234 valence electrons. The molecule has 2 aliphatic heterocycles. The molecule has 0 fully saturated rings. The predicted molar refractivity (Wildman–Crippen MR) is 179 cm³/mol. The molecule has 2 unspecified atom stereocenters. The summed E-state index contributed by atoms with van der Waals surface area (Å²) in [6.07, 6.45) is 0.344. The van der Waals surface area contributed by atoms with Crippen molar-refractivity contribution in [3.05, 3.63) is 126 Å². The third-order valence-electron chi connectivity index (χ3n) is 8.49. The van der Waals surface area contributed by atoms with Crippen LogP contribution in [0.1, 0.15) is 59.3 Å². The number of aromatic hydroxyl groups is 1. The lowest BCUT2D eigenvalue weighted by Gasteiger charge is -2.22. The maximum absolute atomic E-state index is 12.8. The van der Waals surface area contributed by atoms with Crippen molar-refractivity contribution in [2.45, 2.75) is 51.9 Å². The van der Waals surface area contributed by atoms with Gasteiger partial charge in [0.1, 0.15) is 11.5 Å². The number of benzene rings is 4. The van der Waals surface area contributed by atoms with Crippen LogP contribution in [0, 0.1) is 0 Å². The van der Waals surface area contributed by atoms with Gasteiger partial charge in [0.2, 0.25) is 11.8 Å². The fraction of sp³-hybridized carbons (Fsp3) is 0.257. The predicted octanol–water partition coefficient (Wildman–Crippen LogP) is 8.99. The molecule has 1 N–H and O–H groups in total. The highest BCUT2D eigenvalue weighted by molar-refractivity contribution is 6.36. The number of amides is 2. The molecule has 45 heavy (non-hydrogen) atoms. The minimum atomic E-state index is -0.0733. The van der Waals surface area contributed by atoms with Gasteiger partial charge in [-0.2, -0.15) is 0 Å². The van der Waals surface area contributed by atoms with E-state index in [0.717, 1.165) is 28.0 Å². The number of hydrogen-bond donors (Lipinski definition) is 1. The Morgan fingerprint density at radius 3 is 1.53 bits per heavy atom. The summed E-state index contributed by atoms with van der Waals surface area (Å²) in [4.78, 5) is 29.0. The minimum Gasteiger partial charge on any atom is -0.508 e. The number of rotatable bonds is 5. The largest absolute Gasteiger partial charge is 0.508 e. The van der Waals surface area contributed by atoms with Crippen LogP contribution < -0.4 is 4.74 Å². The van der Waals surface area contributed by atoms with E-state index in [-0.39, 0.29) is 42.5 Å². The summed E-state index contributed by atoms with van der Waals surface area (Å²) in [5.74, 6) is 1.000. The van der Waals surface area contributed by atoms with Gasteiger partial charge >= 0.3 is 0 Å². The second-order valence-corrected chi connectivity index (χ2v) is 12.7. The van der Waals surface area contributed by atoms with Gasteiger partial charge in [-0.15, -0.1) is 0 Å². The highest BCUT2D eigenvalue weighted by atomic mass is 35.5. The molecule has 4 aromatic rings. The maximum Gasteiger partial charge on any atom is 0.227 e. The molecular weight excluding hydrogens is 654 g/mol. The van der Waals surface area contributed by atoms with E-state index in [1.54, 1.807) is 60.5 Å². The lowest BCUT2D eigenvalue weighted by molar-refractivity contribution is -0.133. The number of phenols is 1. The fourth-order valence-corrected chi connectivity index (χ4v) is 7.02. The number of carbonyl (C=O) groups is 2. The summed E-state index contributed by atoms with van der Waals surface area (Å²) in [5, 5.41) is 12.0. The Morgan fingerprint density at radius 1 is 0.689 bits per heavy atom. The number of phenolic OH excluding ortho intramolecular Hbond substituents is 1. The Morgan fingerprint density at radius 2 is 1.09 bits per heavy atom. The highest BCUT2D eigenvalue weighted by Gasteiger charge is 2.33. The first-order valence-electron chi connectivity index (χ1n) is 14.4. The lowest BCUT2D eigenvalue weighted by atomic mass is 10.1. The molecule has 2 atom stereocenters. The Labute approximate surface area is 283 Å². The molecule has 0 radical (unpaired) electrons. The zero-order valence-electron chi connectivity index (χ0n) is 25.0. The summed E-state index contributed by atoms with van der Waals surface area (Å²) < 4.78 is 5.41. The number of nitrogens with zero attached hydrogens (tertiary/aromatic N) is 2. The van der Waals surface area contributed by atoms with E-state index in [4.69, 9.17) is 51.1 Å². The second kappa shape index (κ2) is 13.9. The van der Waals surface area contributed by atoms with E-state index < -0.39 is 0 Å². The van der Waals surface area contributed by atoms with Crippen LogP contribution in [0.3, 0.4) is 0 Å². The molecule has 0 aliphatic carbocycles. The number of fused-ring (bicyclic) bond motifs is 2. The zero-order valence-corrected chi connectivity index (χ0v) is 28.0. The van der Waals surface area contributed by atoms with Crippen molar-refractivity contribution in [3.63, 3.8) is 0 Å². The molecule has 0 bridgehead atoms. The Bertz CT molecular complexity index is 1720. The van der Waals surface area contributed by atoms with Crippen molar-refractivity contribution >= 4 is 58.2 Å². The summed E-state index contributed by atoms with van der Waals surface area (Å²) in [6.45, 7) is 4.93. The van der Waals surface area contributed by atoms with Crippen LogP contribution >= 0.6 is 46.4 Å². The standard InChI is InChI=1S/C18H17Cl2NO2.C17H15Cl2NO2/c1-11-12-5-3-8-17(23-2)14(12)10-21(11)18(22)9-13-15(19)6-4-7-16(13)20;1-10-11-4-2-7-16(21)13(11)9-20(10)17(22)8-12-14(18)5-3-6-15(12)19/h3-8,11H,9-10H2,1-2H3;2-7,10,21H,8-9H2,1H3. The summed E-state index contributed by atoms with van der Waals surface area (Å²) >= 11 is 24.6. The van der Waals surface area contributed by atoms with Crippen molar-refractivity contribution in [2.75, 3.05) is 7.11 Å². The van der Waals surface area contributed by atoms with Gasteiger partial charge < -0.3 is 19.6 Å². The topological polar surface area (TPSA) is 70.1 Å². The molecule has 4 aromatic carbocycles. The van der Waals surface area contributed by atoms with Crippen molar-refractivity contribution in [2.24, 2.45) is 0 Å². The van der Waals surface area contributed by atoms with E-state index in [2.05, 4.69) is 0 Å². The molecule has 10 heteroatoms. The van der Waals surface area contributed by atoms with Gasteiger partial charge in [0.05, 0.1) is 45.1 Å². The maximum atomic E-state index is 12.8. The summed E-state index contributed by atoms with van der Waals surface area (Å²) in [6, 6.07) is 21.7. The molecule has 0 aromatic heterocycles. The summed E-state index contributed by atoms with van der Waals surface area (Å²) in [5.41, 5.74) is 5.32. The average Bonchev–Trinajstić information content (AvgIpc) is 3.55. The van der Waals surface area contributed by atoms with Crippen molar-refractivity contribution < 1.29 is 19.4 Å². The number of hydrogen-bond acceptors (Lipinski definition) is 4. The first kappa shape index (κ1) is 33.0.